The maximum Gasteiger partial charge on any atom is 0.222 e. The molecule has 1 saturated heterocycles. The second-order valence-corrected chi connectivity index (χ2v) is 8.66. The summed E-state index contributed by atoms with van der Waals surface area (Å²) in [6.07, 6.45) is 1.20. The molecule has 1 aliphatic heterocycles. The predicted octanol–water partition coefficient (Wildman–Crippen LogP) is 3.78. The summed E-state index contributed by atoms with van der Waals surface area (Å²) < 4.78 is 1.93. The standard InChI is InChI=1S/C26H29N5O/c1-19-22(20(2)31-26(27-19)23-10-6-7-11-24(23)28-31)12-13-25(32)30-16-14-29(15-17-30)18-21-8-4-3-5-9-21/h3-11H,12-18H2,1-2H3. The van der Waals surface area contributed by atoms with Crippen molar-refractivity contribution < 1.29 is 4.79 Å². The Hall–Kier alpha value is -3.25. The molecule has 0 spiro atoms. The van der Waals surface area contributed by atoms with Crippen LogP contribution in [-0.2, 0) is 17.8 Å². The van der Waals surface area contributed by atoms with E-state index in [1.807, 2.05) is 40.6 Å². The number of nitrogens with zero attached hydrogens (tertiary/aromatic N) is 5. The molecule has 1 fully saturated rings. The van der Waals surface area contributed by atoms with E-state index in [9.17, 15) is 4.79 Å². The van der Waals surface area contributed by atoms with Crippen LogP contribution in [0.5, 0.6) is 0 Å². The molecule has 6 heteroatoms. The smallest absolute Gasteiger partial charge is 0.222 e. The molecule has 0 bridgehead atoms. The summed E-state index contributed by atoms with van der Waals surface area (Å²) in [5.41, 5.74) is 6.35. The quantitative estimate of drug-likeness (QED) is 0.486. The molecule has 6 nitrogen and oxygen atoms in total. The first kappa shape index (κ1) is 20.6. The van der Waals surface area contributed by atoms with Crippen molar-refractivity contribution in [2.75, 3.05) is 26.2 Å². The summed E-state index contributed by atoms with van der Waals surface area (Å²) >= 11 is 0. The first-order chi connectivity index (χ1) is 15.6. The van der Waals surface area contributed by atoms with Gasteiger partial charge in [-0.2, -0.15) is 5.10 Å². The average molecular weight is 428 g/mol. The lowest BCUT2D eigenvalue weighted by Crippen LogP contribution is -2.48. The van der Waals surface area contributed by atoms with E-state index < -0.39 is 0 Å². The number of rotatable bonds is 5. The van der Waals surface area contributed by atoms with E-state index >= 15 is 0 Å². The van der Waals surface area contributed by atoms with Crippen LogP contribution in [-0.4, -0.2) is 56.5 Å². The van der Waals surface area contributed by atoms with Crippen LogP contribution in [0.25, 0.3) is 16.6 Å². The third kappa shape index (κ3) is 3.98. The van der Waals surface area contributed by atoms with Crippen LogP contribution in [0, 0.1) is 13.8 Å². The molecule has 0 radical (unpaired) electrons. The van der Waals surface area contributed by atoms with Crippen molar-refractivity contribution in [3.8, 4) is 0 Å². The molecule has 2 aromatic heterocycles. The Morgan fingerprint density at radius 3 is 2.44 bits per heavy atom. The summed E-state index contributed by atoms with van der Waals surface area (Å²) in [6, 6.07) is 18.6. The Morgan fingerprint density at radius 1 is 0.938 bits per heavy atom. The van der Waals surface area contributed by atoms with Gasteiger partial charge >= 0.3 is 0 Å². The first-order valence-electron chi connectivity index (χ1n) is 11.4. The summed E-state index contributed by atoms with van der Waals surface area (Å²) in [5.74, 6) is 0.230. The summed E-state index contributed by atoms with van der Waals surface area (Å²) in [6.45, 7) is 8.51. The molecule has 4 aromatic rings. The molecule has 0 saturated carbocycles. The molecule has 5 rings (SSSR count). The Balaban J connectivity index is 1.23. The summed E-state index contributed by atoms with van der Waals surface area (Å²) in [5, 5.41) is 5.79. The lowest BCUT2D eigenvalue weighted by molar-refractivity contribution is -0.133. The van der Waals surface area contributed by atoms with Gasteiger partial charge in [-0.05, 0) is 43.5 Å². The van der Waals surface area contributed by atoms with Crippen LogP contribution in [0.4, 0.5) is 0 Å². The Kier molecular flexibility index (Phi) is 5.62. The van der Waals surface area contributed by atoms with Crippen molar-refractivity contribution >= 4 is 22.5 Å². The van der Waals surface area contributed by atoms with E-state index in [2.05, 4.69) is 42.2 Å². The average Bonchev–Trinajstić information content (AvgIpc) is 3.19. The van der Waals surface area contributed by atoms with Gasteiger partial charge in [-0.1, -0.05) is 42.5 Å². The number of amides is 1. The minimum Gasteiger partial charge on any atom is -0.340 e. The van der Waals surface area contributed by atoms with Gasteiger partial charge in [0.2, 0.25) is 5.91 Å². The molecular weight excluding hydrogens is 398 g/mol. The lowest BCUT2D eigenvalue weighted by Gasteiger charge is -2.35. The van der Waals surface area contributed by atoms with Gasteiger partial charge in [-0.15, -0.1) is 0 Å². The largest absolute Gasteiger partial charge is 0.340 e. The summed E-state index contributed by atoms with van der Waals surface area (Å²) in [4.78, 5) is 22.2. The van der Waals surface area contributed by atoms with Crippen molar-refractivity contribution in [2.45, 2.75) is 33.2 Å². The molecule has 0 unspecified atom stereocenters. The minimum absolute atomic E-state index is 0.230. The molecule has 32 heavy (non-hydrogen) atoms. The number of aromatic nitrogens is 3. The van der Waals surface area contributed by atoms with Crippen LogP contribution in [0.2, 0.25) is 0 Å². The molecule has 0 N–H and O–H groups in total. The third-order valence-corrected chi connectivity index (χ3v) is 6.58. The van der Waals surface area contributed by atoms with Crippen molar-refractivity contribution in [1.29, 1.82) is 0 Å². The monoisotopic (exact) mass is 427 g/mol. The van der Waals surface area contributed by atoms with Gasteiger partial charge in [0.25, 0.3) is 0 Å². The van der Waals surface area contributed by atoms with E-state index in [0.29, 0.717) is 12.8 Å². The fourth-order valence-corrected chi connectivity index (χ4v) is 4.73. The Labute approximate surface area is 188 Å². The summed E-state index contributed by atoms with van der Waals surface area (Å²) in [7, 11) is 0. The highest BCUT2D eigenvalue weighted by Gasteiger charge is 2.22. The van der Waals surface area contributed by atoms with Gasteiger partial charge in [0.1, 0.15) is 0 Å². The second kappa shape index (κ2) is 8.71. The van der Waals surface area contributed by atoms with E-state index in [0.717, 1.165) is 66.2 Å². The van der Waals surface area contributed by atoms with Crippen molar-refractivity contribution in [3.05, 3.63) is 77.1 Å². The van der Waals surface area contributed by atoms with Gasteiger partial charge in [0.15, 0.2) is 5.65 Å². The van der Waals surface area contributed by atoms with Crippen molar-refractivity contribution in [2.24, 2.45) is 0 Å². The van der Waals surface area contributed by atoms with Crippen LogP contribution >= 0.6 is 0 Å². The number of aryl methyl sites for hydroxylation is 2. The number of benzene rings is 2. The lowest BCUT2D eigenvalue weighted by atomic mass is 10.1. The molecule has 1 amide bonds. The molecular formula is C26H29N5O. The maximum absolute atomic E-state index is 12.9. The number of carbonyl (C=O) groups excluding carboxylic acids is 1. The zero-order valence-corrected chi connectivity index (χ0v) is 18.8. The molecule has 1 aliphatic rings. The highest BCUT2D eigenvalue weighted by Crippen LogP contribution is 2.23. The zero-order valence-electron chi connectivity index (χ0n) is 18.8. The number of hydrogen-bond acceptors (Lipinski definition) is 4. The fourth-order valence-electron chi connectivity index (χ4n) is 4.73. The molecule has 0 atom stereocenters. The van der Waals surface area contributed by atoms with Crippen LogP contribution < -0.4 is 0 Å². The predicted molar refractivity (Wildman–Crippen MR) is 127 cm³/mol. The van der Waals surface area contributed by atoms with Crippen molar-refractivity contribution in [1.82, 2.24) is 24.4 Å². The minimum atomic E-state index is 0.230. The fraction of sp³-hybridized carbons (Fsp3) is 0.346. The van der Waals surface area contributed by atoms with Gasteiger partial charge in [0.05, 0.1) is 5.52 Å². The van der Waals surface area contributed by atoms with Crippen LogP contribution in [0.3, 0.4) is 0 Å². The number of fused-ring (bicyclic) bond motifs is 3. The maximum atomic E-state index is 12.9. The van der Waals surface area contributed by atoms with Gasteiger partial charge in [-0.25, -0.2) is 9.50 Å². The Morgan fingerprint density at radius 2 is 1.66 bits per heavy atom. The molecule has 164 valence electrons. The van der Waals surface area contributed by atoms with Crippen molar-refractivity contribution in [3.63, 3.8) is 0 Å². The molecule has 3 heterocycles. The van der Waals surface area contributed by atoms with Gasteiger partial charge in [0, 0.05) is 55.9 Å². The van der Waals surface area contributed by atoms with Gasteiger partial charge < -0.3 is 4.90 Å². The molecule has 0 aliphatic carbocycles. The zero-order chi connectivity index (χ0) is 22.1. The SMILES string of the molecule is Cc1nc2c3ccccc3nn2c(C)c1CCC(=O)N1CCN(Cc2ccccc2)CC1. The normalized spacial score (nSPS) is 15.0. The third-order valence-electron chi connectivity index (χ3n) is 6.58. The first-order valence-corrected chi connectivity index (χ1v) is 11.4. The number of piperazine rings is 1. The van der Waals surface area contributed by atoms with Gasteiger partial charge in [-0.3, -0.25) is 9.69 Å². The topological polar surface area (TPSA) is 53.7 Å². The molecule has 2 aromatic carbocycles. The van der Waals surface area contributed by atoms with E-state index in [1.165, 1.54) is 5.56 Å². The number of carbonyl (C=O) groups is 1. The number of hydrogen-bond donors (Lipinski definition) is 0. The van der Waals surface area contributed by atoms with E-state index in [4.69, 9.17) is 10.1 Å². The van der Waals surface area contributed by atoms with Crippen LogP contribution in [0.1, 0.15) is 28.9 Å². The van der Waals surface area contributed by atoms with E-state index in [-0.39, 0.29) is 5.91 Å². The van der Waals surface area contributed by atoms with Crippen LogP contribution in [0.15, 0.2) is 54.6 Å². The highest BCUT2D eigenvalue weighted by molar-refractivity contribution is 5.92. The second-order valence-electron chi connectivity index (χ2n) is 8.66. The highest BCUT2D eigenvalue weighted by atomic mass is 16.2. The van der Waals surface area contributed by atoms with E-state index in [1.54, 1.807) is 0 Å². The Bertz CT molecular complexity index is 1260.